The minimum atomic E-state index is -0.215. The van der Waals surface area contributed by atoms with Crippen LogP contribution in [0.4, 0.5) is 0 Å². The maximum atomic E-state index is 10.9. The van der Waals surface area contributed by atoms with E-state index in [9.17, 15) is 4.79 Å². The molecule has 0 aliphatic heterocycles. The Balaban J connectivity index is 1.83. The molecule has 2 rings (SSSR count). The van der Waals surface area contributed by atoms with E-state index < -0.39 is 0 Å². The number of ether oxygens (including phenoxy) is 2. The normalized spacial score (nSPS) is 12.0. The van der Waals surface area contributed by atoms with Crippen LogP contribution in [0.25, 0.3) is 0 Å². The summed E-state index contributed by atoms with van der Waals surface area (Å²) in [6.45, 7) is 6.67. The number of carbonyl (C=O) groups excluding carboxylic acids is 1. The summed E-state index contributed by atoms with van der Waals surface area (Å²) in [6, 6.07) is 15.7. The van der Waals surface area contributed by atoms with Crippen molar-refractivity contribution >= 4 is 12.1 Å². The van der Waals surface area contributed by atoms with Crippen LogP contribution in [0, 0.1) is 0 Å². The third-order valence-electron chi connectivity index (χ3n) is 4.02. The van der Waals surface area contributed by atoms with Crippen molar-refractivity contribution in [2.24, 2.45) is 5.10 Å². The lowest BCUT2D eigenvalue weighted by Gasteiger charge is -2.12. The van der Waals surface area contributed by atoms with Crippen molar-refractivity contribution in [3.8, 4) is 11.5 Å². The number of rotatable bonds is 9. The highest BCUT2D eigenvalue weighted by Gasteiger charge is 2.04. The molecule has 0 heterocycles. The van der Waals surface area contributed by atoms with E-state index in [0.717, 1.165) is 17.7 Å². The topological polar surface area (TPSA) is 59.9 Å². The van der Waals surface area contributed by atoms with Gasteiger partial charge in [-0.1, -0.05) is 38.1 Å². The predicted octanol–water partition coefficient (Wildman–Crippen LogP) is 4.13. The summed E-state index contributed by atoms with van der Waals surface area (Å²) in [5, 5.41) is 3.87. The monoisotopic (exact) mass is 354 g/mol. The Bertz CT molecular complexity index is 726. The standard InChI is InChI=1S/C21H26N2O3/c1-4-16(2)18-9-11-20(12-10-18)25-13-14-26-21-8-6-5-7-19(21)15-22-23-17(3)24/h5-12,15-16H,4,13-14H2,1-3H3,(H,23,24). The van der Waals surface area contributed by atoms with Gasteiger partial charge in [0.15, 0.2) is 0 Å². The van der Waals surface area contributed by atoms with Crippen LogP contribution in [0.2, 0.25) is 0 Å². The molecule has 0 saturated heterocycles. The Morgan fingerprint density at radius 3 is 2.50 bits per heavy atom. The Hall–Kier alpha value is -2.82. The first-order valence-corrected chi connectivity index (χ1v) is 8.84. The number of hydrazone groups is 1. The summed E-state index contributed by atoms with van der Waals surface area (Å²) >= 11 is 0. The molecule has 2 aromatic carbocycles. The van der Waals surface area contributed by atoms with Crippen LogP contribution in [0.3, 0.4) is 0 Å². The van der Waals surface area contributed by atoms with Gasteiger partial charge >= 0.3 is 0 Å². The van der Waals surface area contributed by atoms with Gasteiger partial charge in [0.1, 0.15) is 24.7 Å². The minimum Gasteiger partial charge on any atom is -0.490 e. The largest absolute Gasteiger partial charge is 0.490 e. The number of nitrogens with zero attached hydrogens (tertiary/aromatic N) is 1. The molecule has 1 atom stereocenters. The van der Waals surface area contributed by atoms with Crippen molar-refractivity contribution in [3.05, 3.63) is 59.7 Å². The first-order chi connectivity index (χ1) is 12.6. The zero-order valence-electron chi connectivity index (χ0n) is 15.6. The average Bonchev–Trinajstić information content (AvgIpc) is 2.66. The smallest absolute Gasteiger partial charge is 0.236 e. The number of carbonyl (C=O) groups is 1. The molecule has 0 aliphatic carbocycles. The van der Waals surface area contributed by atoms with Gasteiger partial charge in [0.2, 0.25) is 5.91 Å². The van der Waals surface area contributed by atoms with E-state index in [1.54, 1.807) is 6.21 Å². The van der Waals surface area contributed by atoms with E-state index in [2.05, 4.69) is 36.5 Å². The van der Waals surface area contributed by atoms with Crippen molar-refractivity contribution in [1.29, 1.82) is 0 Å². The van der Waals surface area contributed by atoms with E-state index in [1.165, 1.54) is 12.5 Å². The highest BCUT2D eigenvalue weighted by atomic mass is 16.5. The summed E-state index contributed by atoms with van der Waals surface area (Å²) in [5.74, 6) is 1.87. The minimum absolute atomic E-state index is 0.215. The molecule has 0 spiro atoms. The van der Waals surface area contributed by atoms with Crippen molar-refractivity contribution in [3.63, 3.8) is 0 Å². The Kier molecular flexibility index (Phi) is 7.68. The van der Waals surface area contributed by atoms with Crippen LogP contribution in [0.5, 0.6) is 11.5 Å². The molecule has 0 radical (unpaired) electrons. The molecule has 0 fully saturated rings. The van der Waals surface area contributed by atoms with Gasteiger partial charge < -0.3 is 9.47 Å². The summed E-state index contributed by atoms with van der Waals surface area (Å²) < 4.78 is 11.5. The molecule has 138 valence electrons. The van der Waals surface area contributed by atoms with Gasteiger partial charge in [0.05, 0.1) is 6.21 Å². The van der Waals surface area contributed by atoms with Crippen LogP contribution in [-0.2, 0) is 4.79 Å². The number of benzene rings is 2. The molecular weight excluding hydrogens is 328 g/mol. The number of para-hydroxylation sites is 1. The Morgan fingerprint density at radius 2 is 1.81 bits per heavy atom. The first kappa shape index (κ1) is 19.5. The van der Waals surface area contributed by atoms with Crippen molar-refractivity contribution < 1.29 is 14.3 Å². The lowest BCUT2D eigenvalue weighted by molar-refractivity contribution is -0.118. The highest BCUT2D eigenvalue weighted by molar-refractivity contribution is 5.84. The van der Waals surface area contributed by atoms with Crippen LogP contribution >= 0.6 is 0 Å². The fraction of sp³-hybridized carbons (Fsp3) is 0.333. The summed E-state index contributed by atoms with van der Waals surface area (Å²) in [4.78, 5) is 10.9. The summed E-state index contributed by atoms with van der Waals surface area (Å²) in [7, 11) is 0. The van der Waals surface area contributed by atoms with E-state index >= 15 is 0 Å². The van der Waals surface area contributed by atoms with Gasteiger partial charge in [-0.2, -0.15) is 5.10 Å². The van der Waals surface area contributed by atoms with Crippen molar-refractivity contribution in [2.75, 3.05) is 13.2 Å². The molecule has 1 unspecified atom stereocenters. The lowest BCUT2D eigenvalue weighted by atomic mass is 9.99. The fourth-order valence-electron chi connectivity index (χ4n) is 2.35. The molecule has 0 aliphatic rings. The second-order valence-electron chi connectivity index (χ2n) is 6.04. The van der Waals surface area contributed by atoms with Crippen LogP contribution in [-0.4, -0.2) is 25.3 Å². The third-order valence-corrected chi connectivity index (χ3v) is 4.02. The SMILES string of the molecule is CCC(C)c1ccc(OCCOc2ccccc2C=NNC(C)=O)cc1. The maximum absolute atomic E-state index is 10.9. The van der Waals surface area contributed by atoms with Gasteiger partial charge in [-0.05, 0) is 42.2 Å². The molecule has 0 bridgehead atoms. The molecule has 1 amide bonds. The van der Waals surface area contributed by atoms with E-state index in [4.69, 9.17) is 9.47 Å². The van der Waals surface area contributed by atoms with E-state index in [0.29, 0.717) is 24.9 Å². The first-order valence-electron chi connectivity index (χ1n) is 8.84. The number of hydrogen-bond donors (Lipinski definition) is 1. The molecule has 2 aromatic rings. The molecule has 1 N–H and O–H groups in total. The summed E-state index contributed by atoms with van der Waals surface area (Å²) in [6.07, 6.45) is 2.68. The molecule has 0 saturated carbocycles. The second-order valence-corrected chi connectivity index (χ2v) is 6.04. The average molecular weight is 354 g/mol. The lowest BCUT2D eigenvalue weighted by Crippen LogP contribution is -2.13. The Morgan fingerprint density at radius 1 is 1.12 bits per heavy atom. The van der Waals surface area contributed by atoms with Crippen molar-refractivity contribution in [1.82, 2.24) is 5.43 Å². The molecule has 5 heteroatoms. The number of amides is 1. The zero-order valence-corrected chi connectivity index (χ0v) is 15.6. The van der Waals surface area contributed by atoms with Crippen LogP contribution < -0.4 is 14.9 Å². The summed E-state index contributed by atoms with van der Waals surface area (Å²) in [5.41, 5.74) is 4.49. The van der Waals surface area contributed by atoms with Crippen molar-refractivity contribution in [2.45, 2.75) is 33.1 Å². The fourth-order valence-corrected chi connectivity index (χ4v) is 2.35. The van der Waals surface area contributed by atoms with Gasteiger partial charge in [-0.15, -0.1) is 0 Å². The Labute approximate surface area is 155 Å². The van der Waals surface area contributed by atoms with E-state index in [-0.39, 0.29) is 5.91 Å². The quantitative estimate of drug-likeness (QED) is 0.418. The third kappa shape index (κ3) is 6.24. The molecule has 0 aromatic heterocycles. The maximum Gasteiger partial charge on any atom is 0.236 e. The van der Waals surface area contributed by atoms with E-state index in [1.807, 2.05) is 36.4 Å². The van der Waals surface area contributed by atoms with Gasteiger partial charge in [0.25, 0.3) is 0 Å². The zero-order chi connectivity index (χ0) is 18.8. The highest BCUT2D eigenvalue weighted by Crippen LogP contribution is 2.21. The molecule has 26 heavy (non-hydrogen) atoms. The molecule has 5 nitrogen and oxygen atoms in total. The number of hydrogen-bond acceptors (Lipinski definition) is 4. The predicted molar refractivity (Wildman–Crippen MR) is 104 cm³/mol. The second kappa shape index (κ2) is 10.2. The van der Waals surface area contributed by atoms with Crippen LogP contribution in [0.15, 0.2) is 53.6 Å². The van der Waals surface area contributed by atoms with Gasteiger partial charge in [-0.3, -0.25) is 4.79 Å². The van der Waals surface area contributed by atoms with Crippen LogP contribution in [0.1, 0.15) is 44.2 Å². The van der Waals surface area contributed by atoms with Gasteiger partial charge in [-0.25, -0.2) is 5.43 Å². The van der Waals surface area contributed by atoms with Gasteiger partial charge in [0, 0.05) is 12.5 Å². The molecular formula is C21H26N2O3. The number of nitrogens with one attached hydrogen (secondary N) is 1.